The summed E-state index contributed by atoms with van der Waals surface area (Å²) in [5, 5.41) is 12.3. The monoisotopic (exact) mass is 331 g/mol. The second-order valence-corrected chi connectivity index (χ2v) is 6.02. The lowest BCUT2D eigenvalue weighted by Gasteiger charge is -2.08. The van der Waals surface area contributed by atoms with Crippen molar-refractivity contribution >= 4 is 17.4 Å². The highest BCUT2D eigenvalue weighted by Gasteiger charge is 2.16. The molecule has 0 bridgehead atoms. The minimum atomic E-state index is -0.135. The van der Waals surface area contributed by atoms with Crippen molar-refractivity contribution in [3.8, 4) is 5.69 Å². The van der Waals surface area contributed by atoms with Crippen LogP contribution in [-0.2, 0) is 0 Å². The number of aromatic nitrogens is 4. The van der Waals surface area contributed by atoms with E-state index in [0.29, 0.717) is 22.6 Å². The highest BCUT2D eigenvalue weighted by atomic mass is 35.5. The zero-order valence-electron chi connectivity index (χ0n) is 13.2. The maximum atomic E-state index is 6.19. The van der Waals surface area contributed by atoms with Crippen molar-refractivity contribution in [3.05, 3.63) is 53.3 Å². The fraction of sp³-hybridized carbons (Fsp3) is 0.312. The summed E-state index contributed by atoms with van der Waals surface area (Å²) in [5.41, 5.74) is 0.828. The molecule has 0 spiro atoms. The molecule has 0 saturated carbocycles. The van der Waals surface area contributed by atoms with Crippen LogP contribution in [0.1, 0.15) is 44.4 Å². The van der Waals surface area contributed by atoms with Gasteiger partial charge < -0.3 is 9.84 Å². The molecule has 0 aliphatic carbocycles. The lowest BCUT2D eigenvalue weighted by Crippen LogP contribution is -2.08. The lowest BCUT2D eigenvalue weighted by molar-refractivity contribution is 0.361. The van der Waals surface area contributed by atoms with Gasteiger partial charge in [-0.1, -0.05) is 42.7 Å². The smallest absolute Gasteiger partial charge is 0.248 e. The van der Waals surface area contributed by atoms with Crippen LogP contribution in [0.5, 0.6) is 0 Å². The summed E-state index contributed by atoms with van der Waals surface area (Å²) in [5.74, 6) is 2.19. The molecule has 0 fully saturated rings. The van der Waals surface area contributed by atoms with Crippen molar-refractivity contribution in [2.75, 3.05) is 5.32 Å². The zero-order valence-corrected chi connectivity index (χ0v) is 13.9. The highest BCUT2D eigenvalue weighted by Crippen LogP contribution is 2.22. The van der Waals surface area contributed by atoms with E-state index in [1.807, 2.05) is 57.3 Å². The number of hydrogen-bond acceptors (Lipinski definition) is 5. The van der Waals surface area contributed by atoms with Gasteiger partial charge in [0.05, 0.1) is 10.7 Å². The number of para-hydroxylation sites is 1. The maximum Gasteiger partial charge on any atom is 0.248 e. The molecule has 0 radical (unpaired) electrons. The minimum Gasteiger partial charge on any atom is -0.357 e. The third-order valence-corrected chi connectivity index (χ3v) is 3.72. The quantitative estimate of drug-likeness (QED) is 0.758. The Hall–Kier alpha value is -2.34. The van der Waals surface area contributed by atoms with E-state index >= 15 is 0 Å². The molecule has 3 aromatic rings. The van der Waals surface area contributed by atoms with Crippen molar-refractivity contribution in [2.24, 2.45) is 0 Å². The van der Waals surface area contributed by atoms with Gasteiger partial charge in [0.1, 0.15) is 11.9 Å². The van der Waals surface area contributed by atoms with Gasteiger partial charge in [0.25, 0.3) is 0 Å². The molecule has 0 saturated heterocycles. The molecule has 7 heteroatoms. The van der Waals surface area contributed by atoms with E-state index in [4.69, 9.17) is 16.1 Å². The van der Waals surface area contributed by atoms with Crippen LogP contribution in [0.3, 0.4) is 0 Å². The Morgan fingerprint density at radius 2 is 1.96 bits per heavy atom. The SMILES string of the molecule is CC(C)c1noc(C(C)Nc2ccn(-c3ccccc3Cl)n2)n1. The number of nitrogens with zero attached hydrogens (tertiary/aromatic N) is 4. The Morgan fingerprint density at radius 1 is 1.17 bits per heavy atom. The van der Waals surface area contributed by atoms with Gasteiger partial charge >= 0.3 is 0 Å². The molecule has 6 nitrogen and oxygen atoms in total. The molecular formula is C16H18ClN5O. The Bertz CT molecular complexity index is 795. The molecule has 0 aliphatic heterocycles. The van der Waals surface area contributed by atoms with E-state index in [1.165, 1.54) is 0 Å². The van der Waals surface area contributed by atoms with E-state index < -0.39 is 0 Å². The van der Waals surface area contributed by atoms with Crippen LogP contribution in [0.15, 0.2) is 41.1 Å². The number of rotatable bonds is 5. The van der Waals surface area contributed by atoms with Gasteiger partial charge in [0.15, 0.2) is 5.82 Å². The van der Waals surface area contributed by atoms with Crippen LogP contribution >= 0.6 is 11.6 Å². The van der Waals surface area contributed by atoms with Gasteiger partial charge in [-0.25, -0.2) is 4.68 Å². The van der Waals surface area contributed by atoms with Gasteiger partial charge in [0, 0.05) is 18.2 Å². The zero-order chi connectivity index (χ0) is 16.4. The van der Waals surface area contributed by atoms with E-state index in [0.717, 1.165) is 5.69 Å². The normalized spacial score (nSPS) is 12.6. The topological polar surface area (TPSA) is 68.8 Å². The molecule has 120 valence electrons. The molecule has 1 unspecified atom stereocenters. The lowest BCUT2D eigenvalue weighted by atomic mass is 10.2. The first-order valence-electron chi connectivity index (χ1n) is 7.45. The van der Waals surface area contributed by atoms with Crippen molar-refractivity contribution in [2.45, 2.75) is 32.7 Å². The van der Waals surface area contributed by atoms with Gasteiger partial charge in [-0.05, 0) is 19.1 Å². The largest absolute Gasteiger partial charge is 0.357 e. The van der Waals surface area contributed by atoms with Crippen LogP contribution < -0.4 is 5.32 Å². The van der Waals surface area contributed by atoms with E-state index in [-0.39, 0.29) is 12.0 Å². The molecule has 2 aromatic heterocycles. The second kappa shape index (κ2) is 6.42. The van der Waals surface area contributed by atoms with Crippen LogP contribution in [0.4, 0.5) is 5.82 Å². The van der Waals surface area contributed by atoms with Gasteiger partial charge in [-0.2, -0.15) is 10.1 Å². The second-order valence-electron chi connectivity index (χ2n) is 5.61. The van der Waals surface area contributed by atoms with E-state index in [9.17, 15) is 0 Å². The van der Waals surface area contributed by atoms with Crippen LogP contribution in [0, 0.1) is 0 Å². The summed E-state index contributed by atoms with van der Waals surface area (Å²) >= 11 is 6.19. The first-order valence-corrected chi connectivity index (χ1v) is 7.83. The maximum absolute atomic E-state index is 6.19. The Kier molecular flexibility index (Phi) is 4.34. The number of hydrogen-bond donors (Lipinski definition) is 1. The molecule has 23 heavy (non-hydrogen) atoms. The van der Waals surface area contributed by atoms with Crippen molar-refractivity contribution in [1.82, 2.24) is 19.9 Å². The number of nitrogens with one attached hydrogen (secondary N) is 1. The summed E-state index contributed by atoms with van der Waals surface area (Å²) in [6, 6.07) is 9.29. The molecule has 0 amide bonds. The van der Waals surface area contributed by atoms with Crippen molar-refractivity contribution in [3.63, 3.8) is 0 Å². The van der Waals surface area contributed by atoms with Crippen LogP contribution in [-0.4, -0.2) is 19.9 Å². The molecule has 2 heterocycles. The summed E-state index contributed by atoms with van der Waals surface area (Å²) < 4.78 is 7.02. The fourth-order valence-electron chi connectivity index (χ4n) is 2.11. The average Bonchev–Trinajstić information content (AvgIpc) is 3.16. The molecule has 3 rings (SSSR count). The highest BCUT2D eigenvalue weighted by molar-refractivity contribution is 6.32. The van der Waals surface area contributed by atoms with Crippen LogP contribution in [0.25, 0.3) is 5.69 Å². The molecule has 1 aromatic carbocycles. The predicted octanol–water partition coefficient (Wildman–Crippen LogP) is 4.21. The fourth-order valence-corrected chi connectivity index (χ4v) is 2.34. The Morgan fingerprint density at radius 3 is 2.65 bits per heavy atom. The third kappa shape index (κ3) is 3.37. The molecular weight excluding hydrogens is 314 g/mol. The standard InChI is InChI=1S/C16H18ClN5O/c1-10(2)15-19-16(23-21-15)11(3)18-14-8-9-22(20-14)13-7-5-4-6-12(13)17/h4-11H,1-3H3,(H,18,20). The molecule has 1 atom stereocenters. The van der Waals surface area contributed by atoms with Crippen molar-refractivity contribution < 1.29 is 4.52 Å². The van der Waals surface area contributed by atoms with Crippen molar-refractivity contribution in [1.29, 1.82) is 0 Å². The average molecular weight is 332 g/mol. The minimum absolute atomic E-state index is 0.135. The number of halogens is 1. The van der Waals surface area contributed by atoms with Crippen LogP contribution in [0.2, 0.25) is 5.02 Å². The summed E-state index contributed by atoms with van der Waals surface area (Å²) in [6.07, 6.45) is 1.85. The summed E-state index contributed by atoms with van der Waals surface area (Å²) in [4.78, 5) is 4.39. The predicted molar refractivity (Wildman–Crippen MR) is 89.0 cm³/mol. The van der Waals surface area contributed by atoms with Gasteiger partial charge in [-0.3, -0.25) is 0 Å². The molecule has 1 N–H and O–H groups in total. The molecule has 0 aliphatic rings. The first-order chi connectivity index (χ1) is 11.0. The number of benzene rings is 1. The van der Waals surface area contributed by atoms with E-state index in [2.05, 4.69) is 20.6 Å². The Balaban J connectivity index is 1.74. The Labute approximate surface area is 139 Å². The third-order valence-electron chi connectivity index (χ3n) is 3.40. The number of anilines is 1. The van der Waals surface area contributed by atoms with E-state index in [1.54, 1.807) is 4.68 Å². The first kappa shape index (κ1) is 15.6. The summed E-state index contributed by atoms with van der Waals surface area (Å²) in [6.45, 7) is 6.00. The van der Waals surface area contributed by atoms with Gasteiger partial charge in [0.2, 0.25) is 5.89 Å². The summed E-state index contributed by atoms with van der Waals surface area (Å²) in [7, 11) is 0. The van der Waals surface area contributed by atoms with Gasteiger partial charge in [-0.15, -0.1) is 0 Å².